The van der Waals surface area contributed by atoms with E-state index in [0.29, 0.717) is 48.7 Å². The fourth-order valence-electron chi connectivity index (χ4n) is 2.93. The minimum atomic E-state index is -0.432. The van der Waals surface area contributed by atoms with Gasteiger partial charge in [-0.15, -0.1) is 0 Å². The van der Waals surface area contributed by atoms with E-state index in [1.165, 1.54) is 18.2 Å². The third kappa shape index (κ3) is 4.17. The normalized spacial score (nSPS) is 15.0. The van der Waals surface area contributed by atoms with Gasteiger partial charge in [0.2, 0.25) is 0 Å². The average Bonchev–Trinajstić information content (AvgIpc) is 2.86. The van der Waals surface area contributed by atoms with E-state index in [9.17, 15) is 14.0 Å². The molecular formula is C19H18ClFN2O2. The molecule has 2 aromatic carbocycles. The predicted molar refractivity (Wildman–Crippen MR) is 94.3 cm³/mol. The second-order valence-electron chi connectivity index (χ2n) is 5.96. The largest absolute Gasteiger partial charge is 0.337 e. The SMILES string of the molecule is O=C(c1cccc(F)c1)N1CCCN(C(=O)c2cccc(Cl)c2)CC1. The van der Waals surface area contributed by atoms with Gasteiger partial charge >= 0.3 is 0 Å². The Morgan fingerprint density at radius 3 is 1.96 bits per heavy atom. The van der Waals surface area contributed by atoms with E-state index in [4.69, 9.17) is 11.6 Å². The summed E-state index contributed by atoms with van der Waals surface area (Å²) in [5.41, 5.74) is 0.868. The van der Waals surface area contributed by atoms with Crippen molar-refractivity contribution in [3.05, 3.63) is 70.5 Å². The summed E-state index contributed by atoms with van der Waals surface area (Å²) in [6.45, 7) is 1.96. The first-order valence-electron chi connectivity index (χ1n) is 8.14. The summed E-state index contributed by atoms with van der Waals surface area (Å²) in [6, 6.07) is 12.5. The van der Waals surface area contributed by atoms with Gasteiger partial charge in [-0.05, 0) is 42.8 Å². The molecule has 1 aliphatic heterocycles. The molecule has 25 heavy (non-hydrogen) atoms. The molecule has 0 saturated carbocycles. The fourth-order valence-corrected chi connectivity index (χ4v) is 3.12. The molecule has 4 nitrogen and oxygen atoms in total. The Morgan fingerprint density at radius 2 is 1.40 bits per heavy atom. The summed E-state index contributed by atoms with van der Waals surface area (Å²) >= 11 is 5.95. The summed E-state index contributed by atoms with van der Waals surface area (Å²) in [5, 5.41) is 0.517. The average molecular weight is 361 g/mol. The molecule has 1 fully saturated rings. The van der Waals surface area contributed by atoms with Crippen LogP contribution in [0.1, 0.15) is 27.1 Å². The molecule has 0 radical (unpaired) electrons. The van der Waals surface area contributed by atoms with Crippen molar-refractivity contribution in [1.82, 2.24) is 9.80 Å². The van der Waals surface area contributed by atoms with Crippen molar-refractivity contribution in [2.45, 2.75) is 6.42 Å². The van der Waals surface area contributed by atoms with Gasteiger partial charge < -0.3 is 9.80 Å². The molecule has 6 heteroatoms. The molecule has 0 aliphatic carbocycles. The van der Waals surface area contributed by atoms with Gasteiger partial charge in [-0.3, -0.25) is 9.59 Å². The Balaban J connectivity index is 1.68. The maximum atomic E-state index is 13.3. The van der Waals surface area contributed by atoms with Crippen molar-refractivity contribution in [2.75, 3.05) is 26.2 Å². The minimum Gasteiger partial charge on any atom is -0.337 e. The van der Waals surface area contributed by atoms with Gasteiger partial charge in [0, 0.05) is 42.3 Å². The monoisotopic (exact) mass is 360 g/mol. The summed E-state index contributed by atoms with van der Waals surface area (Å²) in [5.74, 6) is -0.738. The van der Waals surface area contributed by atoms with Crippen LogP contribution in [-0.2, 0) is 0 Å². The molecule has 0 atom stereocenters. The van der Waals surface area contributed by atoms with Crippen LogP contribution in [0, 0.1) is 5.82 Å². The number of benzene rings is 2. The molecule has 0 unspecified atom stereocenters. The third-order valence-electron chi connectivity index (χ3n) is 4.21. The lowest BCUT2D eigenvalue weighted by atomic mass is 10.2. The lowest BCUT2D eigenvalue weighted by molar-refractivity contribution is 0.0718. The summed E-state index contributed by atoms with van der Waals surface area (Å²) in [4.78, 5) is 28.5. The molecule has 1 aliphatic rings. The van der Waals surface area contributed by atoms with Gasteiger partial charge in [0.1, 0.15) is 5.82 Å². The Labute approximate surface area is 150 Å². The molecule has 0 spiro atoms. The molecule has 130 valence electrons. The number of halogens is 2. The van der Waals surface area contributed by atoms with Crippen LogP contribution >= 0.6 is 11.6 Å². The molecule has 1 heterocycles. The lowest BCUT2D eigenvalue weighted by Crippen LogP contribution is -2.37. The topological polar surface area (TPSA) is 40.6 Å². The zero-order valence-electron chi connectivity index (χ0n) is 13.6. The van der Waals surface area contributed by atoms with Crippen molar-refractivity contribution in [2.24, 2.45) is 0 Å². The Hall–Kier alpha value is -2.40. The molecule has 3 rings (SSSR count). The van der Waals surface area contributed by atoms with E-state index < -0.39 is 5.82 Å². The quantitative estimate of drug-likeness (QED) is 0.822. The third-order valence-corrected chi connectivity index (χ3v) is 4.45. The van der Waals surface area contributed by atoms with Gasteiger partial charge in [0.05, 0.1) is 0 Å². The number of hydrogen-bond donors (Lipinski definition) is 0. The second kappa shape index (κ2) is 7.66. The van der Waals surface area contributed by atoms with Crippen LogP contribution in [0.15, 0.2) is 48.5 Å². The van der Waals surface area contributed by atoms with Crippen LogP contribution in [0.4, 0.5) is 4.39 Å². The van der Waals surface area contributed by atoms with Crippen LogP contribution in [0.5, 0.6) is 0 Å². The second-order valence-corrected chi connectivity index (χ2v) is 6.40. The Morgan fingerprint density at radius 1 is 0.840 bits per heavy atom. The first kappa shape index (κ1) is 17.4. The van der Waals surface area contributed by atoms with Crippen LogP contribution in [0.2, 0.25) is 5.02 Å². The van der Waals surface area contributed by atoms with Gasteiger partial charge in [-0.1, -0.05) is 23.7 Å². The van der Waals surface area contributed by atoms with E-state index in [0.717, 1.165) is 0 Å². The van der Waals surface area contributed by atoms with Crippen molar-refractivity contribution in [1.29, 1.82) is 0 Å². The van der Waals surface area contributed by atoms with Crippen LogP contribution in [0.25, 0.3) is 0 Å². The highest BCUT2D eigenvalue weighted by Crippen LogP contribution is 2.15. The van der Waals surface area contributed by atoms with Crippen molar-refractivity contribution >= 4 is 23.4 Å². The van der Waals surface area contributed by atoms with Gasteiger partial charge in [0.15, 0.2) is 0 Å². The van der Waals surface area contributed by atoms with Crippen molar-refractivity contribution < 1.29 is 14.0 Å². The zero-order chi connectivity index (χ0) is 17.8. The highest BCUT2D eigenvalue weighted by Gasteiger charge is 2.23. The van der Waals surface area contributed by atoms with Crippen LogP contribution < -0.4 is 0 Å². The zero-order valence-corrected chi connectivity index (χ0v) is 14.4. The summed E-state index contributed by atoms with van der Waals surface area (Å²) < 4.78 is 13.3. The smallest absolute Gasteiger partial charge is 0.254 e. The number of nitrogens with zero attached hydrogens (tertiary/aromatic N) is 2. The number of amides is 2. The molecule has 2 aromatic rings. The van der Waals surface area contributed by atoms with Crippen LogP contribution in [-0.4, -0.2) is 47.8 Å². The fraction of sp³-hybridized carbons (Fsp3) is 0.263. The van der Waals surface area contributed by atoms with E-state index in [1.54, 1.807) is 40.1 Å². The number of carbonyl (C=O) groups excluding carboxylic acids is 2. The first-order chi connectivity index (χ1) is 12.0. The van der Waals surface area contributed by atoms with Gasteiger partial charge in [0.25, 0.3) is 11.8 Å². The molecule has 2 amide bonds. The Bertz CT molecular complexity index is 731. The predicted octanol–water partition coefficient (Wildman–Crippen LogP) is 3.47. The van der Waals surface area contributed by atoms with Crippen LogP contribution in [0.3, 0.4) is 0 Å². The van der Waals surface area contributed by atoms with E-state index >= 15 is 0 Å². The minimum absolute atomic E-state index is 0.0949. The highest BCUT2D eigenvalue weighted by atomic mass is 35.5. The standard InChI is InChI=1S/C19H18ClFN2O2/c20-16-6-1-4-14(12-16)18(24)22-8-3-9-23(11-10-22)19(25)15-5-2-7-17(21)13-15/h1-2,4-7,12-13H,3,8-11H2. The first-order valence-corrected chi connectivity index (χ1v) is 8.52. The number of hydrogen-bond acceptors (Lipinski definition) is 2. The summed E-state index contributed by atoms with van der Waals surface area (Å²) in [6.07, 6.45) is 0.674. The van der Waals surface area contributed by atoms with E-state index in [-0.39, 0.29) is 11.8 Å². The van der Waals surface area contributed by atoms with E-state index in [1.807, 2.05) is 0 Å². The lowest BCUT2D eigenvalue weighted by Gasteiger charge is -2.22. The summed E-state index contributed by atoms with van der Waals surface area (Å²) in [7, 11) is 0. The number of carbonyl (C=O) groups is 2. The Kier molecular flexibility index (Phi) is 5.34. The van der Waals surface area contributed by atoms with Gasteiger partial charge in [-0.25, -0.2) is 4.39 Å². The molecule has 1 saturated heterocycles. The van der Waals surface area contributed by atoms with E-state index in [2.05, 4.69) is 0 Å². The van der Waals surface area contributed by atoms with Crippen molar-refractivity contribution in [3.63, 3.8) is 0 Å². The maximum Gasteiger partial charge on any atom is 0.254 e. The van der Waals surface area contributed by atoms with Gasteiger partial charge in [-0.2, -0.15) is 0 Å². The highest BCUT2D eigenvalue weighted by molar-refractivity contribution is 6.30. The molecular weight excluding hydrogens is 343 g/mol. The number of rotatable bonds is 2. The maximum absolute atomic E-state index is 13.3. The molecule has 0 bridgehead atoms. The molecule has 0 aromatic heterocycles. The molecule has 0 N–H and O–H groups in total. The van der Waals surface area contributed by atoms with Crippen molar-refractivity contribution in [3.8, 4) is 0 Å².